The summed E-state index contributed by atoms with van der Waals surface area (Å²) in [5, 5.41) is 13.0. The third-order valence-electron chi connectivity index (χ3n) is 14.5. The van der Waals surface area contributed by atoms with Crippen LogP contribution in [-0.2, 0) is 0 Å². The molecule has 11 aromatic carbocycles. The largest absolute Gasteiger partial charge is 0.457 e. The van der Waals surface area contributed by atoms with Gasteiger partial charge in [-0.25, -0.2) is 0 Å². The van der Waals surface area contributed by atoms with Gasteiger partial charge in [-0.15, -0.1) is 0 Å². The van der Waals surface area contributed by atoms with Crippen molar-refractivity contribution in [1.29, 1.82) is 0 Å². The molecule has 0 spiro atoms. The summed E-state index contributed by atoms with van der Waals surface area (Å²) in [6, 6.07) is 76.8. The minimum absolute atomic E-state index is 0.105. The Labute approximate surface area is 400 Å². The van der Waals surface area contributed by atoms with Crippen molar-refractivity contribution in [2.45, 2.75) is 19.6 Å². The van der Waals surface area contributed by atoms with Crippen LogP contribution in [0.25, 0.3) is 87.3 Å². The first-order valence-electron chi connectivity index (χ1n) is 23.9. The van der Waals surface area contributed by atoms with Gasteiger partial charge >= 0.3 is 0 Å². The van der Waals surface area contributed by atoms with Crippen molar-refractivity contribution >= 4 is 130 Å². The maximum Gasteiger partial charge on any atom is 0.246 e. The second-order valence-corrected chi connectivity index (χ2v) is 24.6. The van der Waals surface area contributed by atoms with Gasteiger partial charge in [-0.2, -0.15) is 0 Å². The van der Waals surface area contributed by atoms with Gasteiger partial charge in [0.1, 0.15) is 28.2 Å². The molecular formula is C63H44BNO3Si. The topological polar surface area (TPSA) is 38.8 Å². The number of benzene rings is 11. The van der Waals surface area contributed by atoms with E-state index >= 15 is 0 Å². The predicted octanol–water partition coefficient (Wildman–Crippen LogP) is 15.2. The van der Waals surface area contributed by atoms with Crippen LogP contribution in [0.5, 0.6) is 11.5 Å². The van der Waals surface area contributed by atoms with Crippen LogP contribution < -0.4 is 31.2 Å². The van der Waals surface area contributed by atoms with Crippen molar-refractivity contribution in [3.05, 3.63) is 212 Å². The average Bonchev–Trinajstić information content (AvgIpc) is 3.97. The molecule has 0 bridgehead atoms. The second kappa shape index (κ2) is 15.1. The van der Waals surface area contributed by atoms with Crippen LogP contribution in [0.15, 0.2) is 221 Å². The Morgan fingerprint density at radius 2 is 0.986 bits per heavy atom. The third kappa shape index (κ3) is 6.15. The zero-order chi connectivity index (χ0) is 46.0. The SMILES string of the molecule is C[Si](C)(C)c1ccc(N(c2ccc3c(c2)Oc2cccc4c2c-3cc2c3ccccc3c(B(c3ccccc3)c3cccc5c3oc3ccccc35)cc42)c2cccc3c2oc2ccccc23)cc1. The molecule has 0 saturated heterocycles. The lowest BCUT2D eigenvalue weighted by molar-refractivity contribution is 0.487. The fourth-order valence-corrected chi connectivity index (χ4v) is 12.4. The van der Waals surface area contributed by atoms with Gasteiger partial charge in [0, 0.05) is 44.2 Å². The Morgan fingerprint density at radius 3 is 1.74 bits per heavy atom. The first kappa shape index (κ1) is 39.8. The normalized spacial score (nSPS) is 12.4. The number of hydrogen-bond donors (Lipinski definition) is 0. The van der Waals surface area contributed by atoms with Crippen molar-refractivity contribution in [2.24, 2.45) is 0 Å². The van der Waals surface area contributed by atoms with Crippen molar-refractivity contribution < 1.29 is 13.6 Å². The minimum atomic E-state index is -1.55. The zero-order valence-electron chi connectivity index (χ0n) is 38.5. The minimum Gasteiger partial charge on any atom is -0.457 e. The lowest BCUT2D eigenvalue weighted by Gasteiger charge is -2.29. The molecule has 3 heterocycles. The Bertz CT molecular complexity index is 4220. The fraction of sp³-hybridized carbons (Fsp3) is 0.0476. The number of fused-ring (bicyclic) bond motifs is 12. The Hall–Kier alpha value is -8.32. The molecule has 69 heavy (non-hydrogen) atoms. The molecule has 0 amide bonds. The average molecular weight is 902 g/mol. The van der Waals surface area contributed by atoms with E-state index in [-0.39, 0.29) is 6.71 Å². The molecule has 13 aromatic rings. The maximum atomic E-state index is 7.08. The van der Waals surface area contributed by atoms with E-state index in [1.54, 1.807) is 0 Å². The number of hydrogen-bond acceptors (Lipinski definition) is 4. The molecule has 0 atom stereocenters. The summed E-state index contributed by atoms with van der Waals surface area (Å²) in [7, 11) is -1.55. The molecule has 0 unspecified atom stereocenters. The van der Waals surface area contributed by atoms with Gasteiger partial charge in [-0.05, 0) is 92.6 Å². The first-order chi connectivity index (χ1) is 33.9. The van der Waals surface area contributed by atoms with Gasteiger partial charge < -0.3 is 18.5 Å². The van der Waals surface area contributed by atoms with E-state index in [2.05, 4.69) is 225 Å². The number of ether oxygens (including phenoxy) is 1. The molecule has 4 nitrogen and oxygen atoms in total. The van der Waals surface area contributed by atoms with Crippen LogP contribution >= 0.6 is 0 Å². The molecule has 1 aliphatic heterocycles. The molecular weight excluding hydrogens is 858 g/mol. The summed E-state index contributed by atoms with van der Waals surface area (Å²) < 4.78 is 20.5. The van der Waals surface area contributed by atoms with Gasteiger partial charge in [0.05, 0.1) is 19.4 Å². The summed E-state index contributed by atoms with van der Waals surface area (Å²) in [5.41, 5.74) is 12.4. The summed E-state index contributed by atoms with van der Waals surface area (Å²) in [6.45, 7) is 7.08. The van der Waals surface area contributed by atoms with Crippen molar-refractivity contribution in [1.82, 2.24) is 0 Å². The third-order valence-corrected chi connectivity index (χ3v) is 16.6. The zero-order valence-corrected chi connectivity index (χ0v) is 39.5. The highest BCUT2D eigenvalue weighted by Gasteiger charge is 2.31. The van der Waals surface area contributed by atoms with E-state index in [9.17, 15) is 0 Å². The number of para-hydroxylation sites is 4. The summed E-state index contributed by atoms with van der Waals surface area (Å²) in [6.07, 6.45) is 0. The molecule has 326 valence electrons. The van der Waals surface area contributed by atoms with Crippen molar-refractivity contribution in [2.75, 3.05) is 4.90 Å². The van der Waals surface area contributed by atoms with E-state index < -0.39 is 8.07 Å². The van der Waals surface area contributed by atoms with Crippen LogP contribution in [0, 0.1) is 0 Å². The molecule has 0 N–H and O–H groups in total. The lowest BCUT2D eigenvalue weighted by atomic mass is 9.36. The van der Waals surface area contributed by atoms with Crippen molar-refractivity contribution in [3.63, 3.8) is 0 Å². The number of rotatable bonds is 7. The highest BCUT2D eigenvalue weighted by atomic mass is 28.3. The maximum absolute atomic E-state index is 7.08. The lowest BCUT2D eigenvalue weighted by Crippen LogP contribution is -2.52. The van der Waals surface area contributed by atoms with Crippen LogP contribution in [-0.4, -0.2) is 14.8 Å². The van der Waals surface area contributed by atoms with E-state index in [4.69, 9.17) is 13.6 Å². The molecule has 0 saturated carbocycles. The standard InChI is InChI=1S/C63H44BNO3Si/c1-69(2,3)42-33-30-40(31-34-42)65(56-26-14-24-50-46-21-10-12-28-58(46)68-63(50)56)41-32-35-47-53-37-51-43-18-7-8-19-44(43)55(38-52(51)48-22-15-29-59(61(48)53)66-60(47)36-41)64(39-16-5-4-6-17-39)54-25-13-23-49-45-20-9-11-27-57(45)67-62(49)54/h4-38H,1-3H3. The molecule has 1 aliphatic rings. The van der Waals surface area contributed by atoms with Crippen molar-refractivity contribution in [3.8, 4) is 22.6 Å². The van der Waals surface area contributed by atoms with Gasteiger partial charge in [0.2, 0.25) is 6.71 Å². The smallest absolute Gasteiger partial charge is 0.246 e. The highest BCUT2D eigenvalue weighted by molar-refractivity contribution is 6.98. The van der Waals surface area contributed by atoms with Crippen LogP contribution in [0.1, 0.15) is 0 Å². The van der Waals surface area contributed by atoms with Gasteiger partial charge in [-0.3, -0.25) is 0 Å². The van der Waals surface area contributed by atoms with Gasteiger partial charge in [0.25, 0.3) is 0 Å². The van der Waals surface area contributed by atoms with E-state index in [1.165, 1.54) is 37.7 Å². The Morgan fingerprint density at radius 1 is 0.391 bits per heavy atom. The number of furan rings is 2. The van der Waals surface area contributed by atoms with E-state index in [0.717, 1.165) is 99.8 Å². The monoisotopic (exact) mass is 901 g/mol. The van der Waals surface area contributed by atoms with E-state index in [0.29, 0.717) is 0 Å². The molecule has 14 rings (SSSR count). The molecule has 0 aliphatic carbocycles. The quantitative estimate of drug-likeness (QED) is 0.118. The highest BCUT2D eigenvalue weighted by Crippen LogP contribution is 2.52. The fourth-order valence-electron chi connectivity index (χ4n) is 11.3. The Kier molecular flexibility index (Phi) is 8.71. The van der Waals surface area contributed by atoms with Crippen LogP contribution in [0.2, 0.25) is 19.6 Å². The molecule has 6 heteroatoms. The molecule has 0 fully saturated rings. The number of nitrogens with zero attached hydrogens (tertiary/aromatic N) is 1. The summed E-state index contributed by atoms with van der Waals surface area (Å²) in [5.74, 6) is 1.66. The van der Waals surface area contributed by atoms with Crippen LogP contribution in [0.3, 0.4) is 0 Å². The predicted molar refractivity (Wildman–Crippen MR) is 294 cm³/mol. The van der Waals surface area contributed by atoms with Gasteiger partial charge in [0.15, 0.2) is 5.58 Å². The van der Waals surface area contributed by atoms with Gasteiger partial charge in [-0.1, -0.05) is 187 Å². The van der Waals surface area contributed by atoms with E-state index in [1.807, 2.05) is 12.1 Å². The molecule has 0 radical (unpaired) electrons. The Balaban J connectivity index is 0.973. The van der Waals surface area contributed by atoms with Crippen LogP contribution in [0.4, 0.5) is 17.1 Å². The molecule has 2 aromatic heterocycles. The summed E-state index contributed by atoms with van der Waals surface area (Å²) in [4.78, 5) is 2.32. The number of anilines is 3. The first-order valence-corrected chi connectivity index (χ1v) is 27.4. The second-order valence-electron chi connectivity index (χ2n) is 19.5. The summed E-state index contributed by atoms with van der Waals surface area (Å²) >= 11 is 0.